The molecule has 2 aliphatic rings. The summed E-state index contributed by atoms with van der Waals surface area (Å²) in [5.74, 6) is 0.891. The summed E-state index contributed by atoms with van der Waals surface area (Å²) in [5, 5.41) is 3.73. The van der Waals surface area contributed by atoms with Crippen LogP contribution in [0.25, 0.3) is 0 Å². The topological polar surface area (TPSA) is 21.3 Å². The molecule has 1 saturated heterocycles. The largest absolute Gasteiger partial charge is 0.371 e. The van der Waals surface area contributed by atoms with Crippen LogP contribution in [0.3, 0.4) is 0 Å². The van der Waals surface area contributed by atoms with Crippen LogP contribution in [0.2, 0.25) is 0 Å². The molecule has 0 bridgehead atoms. The van der Waals surface area contributed by atoms with Gasteiger partial charge in [-0.1, -0.05) is 25.7 Å². The molecule has 0 amide bonds. The maximum Gasteiger partial charge on any atom is 0.0707 e. The van der Waals surface area contributed by atoms with Gasteiger partial charge in [-0.15, -0.1) is 0 Å². The van der Waals surface area contributed by atoms with Gasteiger partial charge in [0.15, 0.2) is 0 Å². The van der Waals surface area contributed by atoms with Gasteiger partial charge >= 0.3 is 0 Å². The van der Waals surface area contributed by atoms with Crippen molar-refractivity contribution < 1.29 is 4.74 Å². The second-order valence-electron chi connectivity index (χ2n) is 6.99. The van der Waals surface area contributed by atoms with E-state index in [-0.39, 0.29) is 5.60 Å². The van der Waals surface area contributed by atoms with Crippen LogP contribution >= 0.6 is 0 Å². The van der Waals surface area contributed by atoms with Gasteiger partial charge in [-0.2, -0.15) is 0 Å². The summed E-state index contributed by atoms with van der Waals surface area (Å²) in [7, 11) is 0. The zero-order valence-corrected chi connectivity index (χ0v) is 12.5. The Bertz CT molecular complexity index is 243. The molecule has 2 nitrogen and oxygen atoms in total. The fourth-order valence-electron chi connectivity index (χ4n) is 3.52. The second-order valence-corrected chi connectivity index (χ2v) is 6.99. The number of ether oxygens (including phenoxy) is 1. The molecule has 106 valence electrons. The van der Waals surface area contributed by atoms with Crippen LogP contribution in [0.4, 0.5) is 0 Å². The van der Waals surface area contributed by atoms with Crippen molar-refractivity contribution in [3.8, 4) is 0 Å². The van der Waals surface area contributed by atoms with Gasteiger partial charge in [-0.05, 0) is 52.4 Å². The van der Waals surface area contributed by atoms with Gasteiger partial charge in [0.05, 0.1) is 11.7 Å². The van der Waals surface area contributed by atoms with E-state index in [1.165, 1.54) is 51.4 Å². The van der Waals surface area contributed by atoms with E-state index in [2.05, 4.69) is 26.1 Å². The van der Waals surface area contributed by atoms with Gasteiger partial charge in [0.25, 0.3) is 0 Å². The molecule has 1 N–H and O–H groups in total. The van der Waals surface area contributed by atoms with Crippen LogP contribution in [0.15, 0.2) is 0 Å². The number of rotatable bonds is 4. The Morgan fingerprint density at radius 1 is 1.11 bits per heavy atom. The van der Waals surface area contributed by atoms with Crippen molar-refractivity contribution in [1.82, 2.24) is 5.32 Å². The standard InChI is InChI=1S/C16H31NO/c1-13(14-8-6-4-5-7-9-14)17-12-15-10-11-16(2,3)18-15/h13-15,17H,4-12H2,1-3H3/t13-,15?/m0/s1. The maximum absolute atomic E-state index is 6.05. The van der Waals surface area contributed by atoms with E-state index in [9.17, 15) is 0 Å². The minimum absolute atomic E-state index is 0.109. The molecule has 0 aromatic heterocycles. The Labute approximate surface area is 113 Å². The number of hydrogen-bond donors (Lipinski definition) is 1. The summed E-state index contributed by atoms with van der Waals surface area (Å²) in [4.78, 5) is 0. The van der Waals surface area contributed by atoms with E-state index in [1.54, 1.807) is 0 Å². The molecular weight excluding hydrogens is 222 g/mol. The highest BCUT2D eigenvalue weighted by Crippen LogP contribution is 2.29. The first kappa shape index (κ1) is 14.3. The van der Waals surface area contributed by atoms with E-state index in [4.69, 9.17) is 4.74 Å². The van der Waals surface area contributed by atoms with E-state index in [0.717, 1.165) is 12.5 Å². The molecule has 0 spiro atoms. The van der Waals surface area contributed by atoms with Crippen LogP contribution in [0.1, 0.15) is 72.1 Å². The molecule has 0 aromatic carbocycles. The van der Waals surface area contributed by atoms with Crippen molar-refractivity contribution in [2.45, 2.75) is 89.9 Å². The van der Waals surface area contributed by atoms with Crippen molar-refractivity contribution in [2.75, 3.05) is 6.54 Å². The second kappa shape index (κ2) is 6.38. The molecule has 1 unspecified atom stereocenters. The Hall–Kier alpha value is -0.0800. The van der Waals surface area contributed by atoms with Gasteiger partial charge in [-0.25, -0.2) is 0 Å². The highest BCUT2D eigenvalue weighted by atomic mass is 16.5. The molecule has 1 aliphatic heterocycles. The van der Waals surface area contributed by atoms with Crippen LogP contribution in [0.5, 0.6) is 0 Å². The first-order valence-electron chi connectivity index (χ1n) is 7.98. The maximum atomic E-state index is 6.05. The summed E-state index contributed by atoms with van der Waals surface area (Å²) in [5.41, 5.74) is 0.109. The third kappa shape index (κ3) is 4.24. The lowest BCUT2D eigenvalue weighted by Crippen LogP contribution is -2.39. The summed E-state index contributed by atoms with van der Waals surface area (Å²) in [6.45, 7) is 7.83. The SMILES string of the molecule is C[C@H](NCC1CCC(C)(C)O1)C1CCCCCC1. The zero-order chi connectivity index (χ0) is 13.0. The highest BCUT2D eigenvalue weighted by molar-refractivity contribution is 4.83. The molecule has 1 heterocycles. The first-order chi connectivity index (χ1) is 8.57. The van der Waals surface area contributed by atoms with Crippen molar-refractivity contribution in [2.24, 2.45) is 5.92 Å². The third-order valence-corrected chi connectivity index (χ3v) is 4.83. The summed E-state index contributed by atoms with van der Waals surface area (Å²) >= 11 is 0. The van der Waals surface area contributed by atoms with Crippen LogP contribution < -0.4 is 5.32 Å². The van der Waals surface area contributed by atoms with Crippen molar-refractivity contribution in [1.29, 1.82) is 0 Å². The number of nitrogens with one attached hydrogen (secondary N) is 1. The average molecular weight is 253 g/mol. The van der Waals surface area contributed by atoms with E-state index < -0.39 is 0 Å². The fourth-order valence-corrected chi connectivity index (χ4v) is 3.52. The van der Waals surface area contributed by atoms with Crippen molar-refractivity contribution >= 4 is 0 Å². The minimum atomic E-state index is 0.109. The molecule has 2 rings (SSSR count). The molecule has 0 aromatic rings. The van der Waals surface area contributed by atoms with E-state index >= 15 is 0 Å². The predicted molar refractivity (Wildman–Crippen MR) is 76.8 cm³/mol. The highest BCUT2D eigenvalue weighted by Gasteiger charge is 2.31. The van der Waals surface area contributed by atoms with E-state index in [0.29, 0.717) is 12.1 Å². The number of hydrogen-bond acceptors (Lipinski definition) is 2. The lowest BCUT2D eigenvalue weighted by molar-refractivity contribution is -0.0156. The Kier molecular flexibility index (Phi) is 5.08. The molecule has 18 heavy (non-hydrogen) atoms. The fraction of sp³-hybridized carbons (Fsp3) is 1.00. The van der Waals surface area contributed by atoms with E-state index in [1.807, 2.05) is 0 Å². The van der Waals surface area contributed by atoms with Crippen molar-refractivity contribution in [3.63, 3.8) is 0 Å². The summed E-state index contributed by atoms with van der Waals surface area (Å²) < 4.78 is 6.05. The molecule has 2 fully saturated rings. The third-order valence-electron chi connectivity index (χ3n) is 4.83. The summed E-state index contributed by atoms with van der Waals surface area (Å²) in [6.07, 6.45) is 11.5. The molecule has 2 atom stereocenters. The van der Waals surface area contributed by atoms with Gasteiger partial charge < -0.3 is 10.1 Å². The first-order valence-corrected chi connectivity index (χ1v) is 7.98. The lowest BCUT2D eigenvalue weighted by Gasteiger charge is -2.26. The normalized spacial score (nSPS) is 31.2. The van der Waals surface area contributed by atoms with Gasteiger partial charge in [0.1, 0.15) is 0 Å². The Balaban J connectivity index is 1.69. The minimum Gasteiger partial charge on any atom is -0.371 e. The van der Waals surface area contributed by atoms with Gasteiger partial charge in [0, 0.05) is 12.6 Å². The Morgan fingerprint density at radius 2 is 1.78 bits per heavy atom. The monoisotopic (exact) mass is 253 g/mol. The zero-order valence-electron chi connectivity index (χ0n) is 12.5. The quantitative estimate of drug-likeness (QED) is 0.767. The average Bonchev–Trinajstić information content (AvgIpc) is 2.57. The molecule has 2 heteroatoms. The summed E-state index contributed by atoms with van der Waals surface area (Å²) in [6, 6.07) is 0.662. The predicted octanol–water partition coefficient (Wildman–Crippen LogP) is 3.89. The molecule has 1 aliphatic carbocycles. The van der Waals surface area contributed by atoms with Gasteiger partial charge in [-0.3, -0.25) is 0 Å². The van der Waals surface area contributed by atoms with Crippen molar-refractivity contribution in [3.05, 3.63) is 0 Å². The molecular formula is C16H31NO. The smallest absolute Gasteiger partial charge is 0.0707 e. The molecule has 1 saturated carbocycles. The van der Waals surface area contributed by atoms with Crippen LogP contribution in [-0.4, -0.2) is 24.3 Å². The molecule has 0 radical (unpaired) electrons. The van der Waals surface area contributed by atoms with Gasteiger partial charge in [0.2, 0.25) is 0 Å². The Morgan fingerprint density at radius 3 is 2.33 bits per heavy atom. The van der Waals surface area contributed by atoms with Crippen LogP contribution in [0, 0.1) is 5.92 Å². The van der Waals surface area contributed by atoms with Crippen LogP contribution in [-0.2, 0) is 4.74 Å². The lowest BCUT2D eigenvalue weighted by atomic mass is 9.93.